The lowest BCUT2D eigenvalue weighted by Crippen LogP contribution is -2.55. The number of carbonyl (C=O) groups is 3. The molecule has 11 nitrogen and oxygen atoms in total. The first-order valence-corrected chi connectivity index (χ1v) is 18.5. The molecule has 2 heterocycles. The maximum absolute atomic E-state index is 13.9. The van der Waals surface area contributed by atoms with Crippen molar-refractivity contribution in [3.05, 3.63) is 104 Å². The predicted octanol–water partition coefficient (Wildman–Crippen LogP) is 5.91. The number of rotatable bonds is 17. The van der Waals surface area contributed by atoms with Gasteiger partial charge in [-0.25, -0.2) is 14.6 Å². The van der Waals surface area contributed by atoms with E-state index in [-0.39, 0.29) is 30.9 Å². The molecule has 0 unspecified atom stereocenters. The quantitative estimate of drug-likeness (QED) is 0.106. The molecule has 0 radical (unpaired) electrons. The van der Waals surface area contributed by atoms with Gasteiger partial charge in [-0.3, -0.25) is 9.78 Å². The number of urea groups is 1. The van der Waals surface area contributed by atoms with E-state index in [2.05, 4.69) is 39.8 Å². The Kier molecular flexibility index (Phi) is 14.7. The molecule has 0 saturated carbocycles. The zero-order chi connectivity index (χ0) is 36.0. The van der Waals surface area contributed by atoms with Gasteiger partial charge in [0.05, 0.1) is 29.1 Å². The van der Waals surface area contributed by atoms with E-state index in [9.17, 15) is 19.5 Å². The molecule has 4 N–H and O–H groups in total. The number of amides is 4. The van der Waals surface area contributed by atoms with Crippen LogP contribution in [0.15, 0.2) is 78.6 Å². The third kappa shape index (κ3) is 12.2. The molecule has 268 valence electrons. The maximum atomic E-state index is 13.9. The number of thiazole rings is 2. The van der Waals surface area contributed by atoms with Gasteiger partial charge in [0, 0.05) is 30.4 Å². The Hall–Kier alpha value is -4.33. The predicted molar refractivity (Wildman–Crippen MR) is 197 cm³/mol. The van der Waals surface area contributed by atoms with E-state index in [4.69, 9.17) is 4.74 Å². The minimum absolute atomic E-state index is 0.0671. The van der Waals surface area contributed by atoms with Crippen molar-refractivity contribution < 1.29 is 24.2 Å². The second kappa shape index (κ2) is 19.2. The molecule has 50 heavy (non-hydrogen) atoms. The van der Waals surface area contributed by atoms with Gasteiger partial charge in [-0.1, -0.05) is 88.4 Å². The number of nitrogens with zero attached hydrogens (tertiary/aromatic N) is 3. The Balaban J connectivity index is 1.46. The third-order valence-electron chi connectivity index (χ3n) is 8.18. The number of carbonyl (C=O) groups excluding carboxylic acids is 3. The van der Waals surface area contributed by atoms with Crippen molar-refractivity contribution in [1.29, 1.82) is 0 Å². The monoisotopic (exact) mass is 720 g/mol. The number of alkyl carbamates (subject to hydrolysis) is 1. The van der Waals surface area contributed by atoms with Gasteiger partial charge in [0.1, 0.15) is 17.7 Å². The van der Waals surface area contributed by atoms with Crippen molar-refractivity contribution in [3.8, 4) is 0 Å². The van der Waals surface area contributed by atoms with Crippen molar-refractivity contribution in [2.75, 3.05) is 7.05 Å². The molecule has 0 aliphatic carbocycles. The Morgan fingerprint density at radius 3 is 2.14 bits per heavy atom. The standard InChI is InChI=1S/C37H48N6O5S2/c1-24(2)32-20-39-33(50-32)21-43(5)36(46)42-34(25(3)4)35(45)40-28(16-26-12-8-6-9-13-26)18-31(44)30(17-27-14-10-7-11-15-27)41-37(47)48-22-29-19-38-23-49-29/h6-15,19-20,23-25,28,30-31,34,44H,16-18,21-22H2,1-5H3,(H,40,45)(H,41,47)(H,42,46)/t28-,30-,31+,34-/m1/s1. The highest BCUT2D eigenvalue weighted by Crippen LogP contribution is 2.23. The maximum Gasteiger partial charge on any atom is 0.407 e. The average molecular weight is 721 g/mol. The topological polar surface area (TPSA) is 146 Å². The lowest BCUT2D eigenvalue weighted by Gasteiger charge is -2.30. The first-order valence-electron chi connectivity index (χ1n) is 16.8. The first kappa shape index (κ1) is 38.5. The number of ether oxygens (including phenoxy) is 1. The minimum atomic E-state index is -1.05. The van der Waals surface area contributed by atoms with Crippen LogP contribution in [0.25, 0.3) is 0 Å². The molecule has 4 amide bonds. The fourth-order valence-electron chi connectivity index (χ4n) is 5.35. The van der Waals surface area contributed by atoms with E-state index in [1.807, 2.05) is 80.7 Å². The molecule has 4 aromatic rings. The SMILES string of the molecule is CC(C)c1cnc(CN(C)C(=O)N[C@@H](C(=O)N[C@H](Cc2ccccc2)C[C@H](O)[C@@H](Cc2ccccc2)NC(=O)OCc2cncs2)C(C)C)s1. The molecule has 0 aliphatic rings. The number of hydrogen-bond donors (Lipinski definition) is 4. The first-order chi connectivity index (χ1) is 24.0. The van der Waals surface area contributed by atoms with Gasteiger partial charge in [-0.15, -0.1) is 22.7 Å². The Morgan fingerprint density at radius 1 is 0.900 bits per heavy atom. The fourth-order valence-corrected chi connectivity index (χ4v) is 6.83. The van der Waals surface area contributed by atoms with Gasteiger partial charge < -0.3 is 30.7 Å². The summed E-state index contributed by atoms with van der Waals surface area (Å²) in [7, 11) is 1.68. The van der Waals surface area contributed by atoms with Crippen LogP contribution >= 0.6 is 22.7 Å². The summed E-state index contributed by atoms with van der Waals surface area (Å²) in [5, 5.41) is 21.4. The molecule has 2 aromatic heterocycles. The van der Waals surface area contributed by atoms with E-state index < -0.39 is 30.3 Å². The molecule has 0 fully saturated rings. The summed E-state index contributed by atoms with van der Waals surface area (Å²) in [4.78, 5) is 52.0. The van der Waals surface area contributed by atoms with Gasteiger partial charge in [0.2, 0.25) is 5.91 Å². The zero-order valence-electron chi connectivity index (χ0n) is 29.2. The molecule has 0 bridgehead atoms. The molecular formula is C37H48N6O5S2. The Morgan fingerprint density at radius 2 is 1.56 bits per heavy atom. The fraction of sp³-hybridized carbons (Fsp3) is 0.432. The Bertz CT molecular complexity index is 1620. The highest BCUT2D eigenvalue weighted by molar-refractivity contribution is 7.11. The summed E-state index contributed by atoms with van der Waals surface area (Å²) < 4.78 is 5.43. The minimum Gasteiger partial charge on any atom is -0.444 e. The largest absolute Gasteiger partial charge is 0.444 e. The van der Waals surface area contributed by atoms with Crippen LogP contribution < -0.4 is 16.0 Å². The third-order valence-corrected chi connectivity index (χ3v) is 10.2. The van der Waals surface area contributed by atoms with Crippen LogP contribution in [0, 0.1) is 5.92 Å². The molecular weight excluding hydrogens is 673 g/mol. The average Bonchev–Trinajstić information content (AvgIpc) is 3.79. The molecule has 0 aliphatic heterocycles. The number of benzene rings is 2. The van der Waals surface area contributed by atoms with Gasteiger partial charge in [0.15, 0.2) is 0 Å². The van der Waals surface area contributed by atoms with Crippen LogP contribution in [0.4, 0.5) is 9.59 Å². The lowest BCUT2D eigenvalue weighted by atomic mass is 9.93. The van der Waals surface area contributed by atoms with E-state index in [1.165, 1.54) is 16.2 Å². The van der Waals surface area contributed by atoms with Gasteiger partial charge in [-0.2, -0.15) is 0 Å². The number of aliphatic hydroxyl groups is 1. The van der Waals surface area contributed by atoms with Crippen LogP contribution in [-0.2, 0) is 35.5 Å². The van der Waals surface area contributed by atoms with E-state index in [0.717, 1.165) is 25.9 Å². The van der Waals surface area contributed by atoms with Crippen molar-refractivity contribution in [2.45, 2.75) is 90.3 Å². The molecule has 2 aromatic carbocycles. The normalized spacial score (nSPS) is 13.7. The van der Waals surface area contributed by atoms with Crippen molar-refractivity contribution in [3.63, 3.8) is 0 Å². The number of hydrogen-bond acceptors (Lipinski definition) is 9. The summed E-state index contributed by atoms with van der Waals surface area (Å²) in [5.74, 6) is -0.227. The summed E-state index contributed by atoms with van der Waals surface area (Å²) in [6, 6.07) is 16.8. The van der Waals surface area contributed by atoms with Crippen molar-refractivity contribution in [2.24, 2.45) is 5.92 Å². The van der Waals surface area contributed by atoms with Crippen molar-refractivity contribution >= 4 is 40.7 Å². The second-order valence-electron chi connectivity index (χ2n) is 13.0. The highest BCUT2D eigenvalue weighted by Gasteiger charge is 2.31. The lowest BCUT2D eigenvalue weighted by molar-refractivity contribution is -0.124. The van der Waals surface area contributed by atoms with Crippen LogP contribution in [-0.4, -0.2) is 69.3 Å². The van der Waals surface area contributed by atoms with E-state index in [0.29, 0.717) is 25.3 Å². The molecule has 0 saturated heterocycles. The molecule has 4 atom stereocenters. The molecule has 0 spiro atoms. The smallest absolute Gasteiger partial charge is 0.407 e. The summed E-state index contributed by atoms with van der Waals surface area (Å²) in [6.45, 7) is 8.34. The Labute approximate surface area is 302 Å². The van der Waals surface area contributed by atoms with Crippen molar-refractivity contribution in [1.82, 2.24) is 30.8 Å². The van der Waals surface area contributed by atoms with E-state index in [1.54, 1.807) is 30.1 Å². The van der Waals surface area contributed by atoms with Crippen LogP contribution in [0.3, 0.4) is 0 Å². The zero-order valence-corrected chi connectivity index (χ0v) is 30.9. The molecule has 13 heteroatoms. The van der Waals surface area contributed by atoms with Crippen LogP contribution in [0.2, 0.25) is 0 Å². The summed E-state index contributed by atoms with van der Waals surface area (Å²) in [6.07, 6.45) is 2.68. The van der Waals surface area contributed by atoms with E-state index >= 15 is 0 Å². The van der Waals surface area contributed by atoms with Crippen LogP contribution in [0.1, 0.15) is 65.9 Å². The van der Waals surface area contributed by atoms with Gasteiger partial charge in [-0.05, 0) is 42.2 Å². The summed E-state index contributed by atoms with van der Waals surface area (Å²) >= 11 is 2.95. The van der Waals surface area contributed by atoms with Crippen LogP contribution in [0.5, 0.6) is 0 Å². The number of nitrogens with one attached hydrogen (secondary N) is 3. The number of aliphatic hydroxyl groups excluding tert-OH is 1. The van der Waals surface area contributed by atoms with Gasteiger partial charge >= 0.3 is 12.1 Å². The highest BCUT2D eigenvalue weighted by atomic mass is 32.1. The molecule has 4 rings (SSSR count). The van der Waals surface area contributed by atoms with Gasteiger partial charge in [0.25, 0.3) is 0 Å². The second-order valence-corrected chi connectivity index (χ2v) is 15.1. The number of aromatic nitrogens is 2. The summed E-state index contributed by atoms with van der Waals surface area (Å²) in [5.41, 5.74) is 3.56.